The van der Waals surface area contributed by atoms with E-state index in [1.807, 2.05) is 42.5 Å². The molecule has 0 aliphatic heterocycles. The number of phenols is 1. The molecule has 0 aliphatic rings. The highest BCUT2D eigenvalue weighted by Gasteiger charge is 2.26. The fourth-order valence-electron chi connectivity index (χ4n) is 3.81. The molecule has 4 aromatic rings. The van der Waals surface area contributed by atoms with Crippen molar-refractivity contribution in [3.8, 4) is 22.9 Å². The van der Waals surface area contributed by atoms with Crippen molar-refractivity contribution in [1.82, 2.24) is 14.6 Å². The molecule has 0 spiro atoms. The lowest BCUT2D eigenvalue weighted by Crippen LogP contribution is -2.24. The summed E-state index contributed by atoms with van der Waals surface area (Å²) in [6.07, 6.45) is 1.86. The van der Waals surface area contributed by atoms with Crippen LogP contribution in [0.5, 0.6) is 11.5 Å². The predicted octanol–water partition coefficient (Wildman–Crippen LogP) is 4.67. The van der Waals surface area contributed by atoms with Gasteiger partial charge in [-0.2, -0.15) is 9.50 Å². The Labute approximate surface area is 197 Å². The molecule has 6 nitrogen and oxygen atoms in total. The van der Waals surface area contributed by atoms with Gasteiger partial charge in [0, 0.05) is 11.1 Å². The standard InChI is InChI=1S/C26H29N3O3S/c1-25(2,3)17-12-15(13-18(21(17)30)26(4,5)6)14-20-23(31)29-24(33-20)27-22(28-29)16-10-8-9-11-19(16)32-7/h8-14,30H,1-7H3. The van der Waals surface area contributed by atoms with Crippen LogP contribution in [0.25, 0.3) is 22.4 Å². The van der Waals surface area contributed by atoms with Crippen LogP contribution in [0.15, 0.2) is 41.2 Å². The highest BCUT2D eigenvalue weighted by Crippen LogP contribution is 2.40. The van der Waals surface area contributed by atoms with Crippen LogP contribution in [0.2, 0.25) is 0 Å². The van der Waals surface area contributed by atoms with Gasteiger partial charge in [0.05, 0.1) is 17.2 Å². The van der Waals surface area contributed by atoms with Crippen LogP contribution in [0.1, 0.15) is 58.2 Å². The van der Waals surface area contributed by atoms with Crippen molar-refractivity contribution in [2.75, 3.05) is 7.11 Å². The Hall–Kier alpha value is -3.19. The molecular weight excluding hydrogens is 434 g/mol. The smallest absolute Gasteiger partial charge is 0.291 e. The summed E-state index contributed by atoms with van der Waals surface area (Å²) >= 11 is 1.30. The third kappa shape index (κ3) is 4.25. The number of phenolic OH excluding ortho intramolecular Hbond substituents is 1. The van der Waals surface area contributed by atoms with E-state index in [0.717, 1.165) is 22.3 Å². The SMILES string of the molecule is COc1ccccc1-c1nc2sc(=Cc3cc(C(C)(C)C)c(O)c(C(C)(C)C)c3)c(=O)n2n1. The molecule has 0 aliphatic carbocycles. The van der Waals surface area contributed by atoms with Gasteiger partial charge in [0.25, 0.3) is 5.56 Å². The Bertz CT molecular complexity index is 1420. The molecule has 7 heteroatoms. The summed E-state index contributed by atoms with van der Waals surface area (Å²) in [5, 5.41) is 15.4. The summed E-state index contributed by atoms with van der Waals surface area (Å²) < 4.78 is 7.29. The van der Waals surface area contributed by atoms with Gasteiger partial charge in [-0.15, -0.1) is 5.10 Å². The van der Waals surface area contributed by atoms with Crippen molar-refractivity contribution in [1.29, 1.82) is 0 Å². The van der Waals surface area contributed by atoms with Crippen molar-refractivity contribution in [2.24, 2.45) is 0 Å². The van der Waals surface area contributed by atoms with Gasteiger partial charge in [0.15, 0.2) is 5.82 Å². The predicted molar refractivity (Wildman–Crippen MR) is 133 cm³/mol. The van der Waals surface area contributed by atoms with Gasteiger partial charge in [-0.1, -0.05) is 65.0 Å². The lowest BCUT2D eigenvalue weighted by molar-refractivity contribution is 0.416. The van der Waals surface area contributed by atoms with E-state index in [4.69, 9.17) is 4.74 Å². The molecule has 0 unspecified atom stereocenters. The summed E-state index contributed by atoms with van der Waals surface area (Å²) in [4.78, 5) is 18.2. The molecule has 0 atom stereocenters. The fourth-order valence-corrected chi connectivity index (χ4v) is 4.72. The first-order chi connectivity index (χ1) is 15.4. The van der Waals surface area contributed by atoms with E-state index in [1.165, 1.54) is 15.9 Å². The van der Waals surface area contributed by atoms with Crippen molar-refractivity contribution in [3.63, 3.8) is 0 Å². The number of aromatic hydroxyl groups is 1. The minimum absolute atomic E-state index is 0.216. The van der Waals surface area contributed by atoms with E-state index in [9.17, 15) is 9.90 Å². The number of fused-ring (bicyclic) bond motifs is 1. The molecule has 1 N–H and O–H groups in total. The fraction of sp³-hybridized carbons (Fsp3) is 0.346. The molecule has 0 saturated heterocycles. The van der Waals surface area contributed by atoms with Crippen molar-refractivity contribution < 1.29 is 9.84 Å². The second kappa shape index (κ2) is 7.99. The normalized spacial score (nSPS) is 13.1. The van der Waals surface area contributed by atoms with Crippen LogP contribution in [0, 0.1) is 0 Å². The van der Waals surface area contributed by atoms with Crippen LogP contribution < -0.4 is 14.8 Å². The lowest BCUT2D eigenvalue weighted by Gasteiger charge is -2.27. The third-order valence-corrected chi connectivity index (χ3v) is 6.53. The molecule has 2 aromatic carbocycles. The molecule has 0 amide bonds. The summed E-state index contributed by atoms with van der Waals surface area (Å²) in [7, 11) is 1.60. The van der Waals surface area contributed by atoms with Gasteiger partial charge in [0.1, 0.15) is 11.5 Å². The van der Waals surface area contributed by atoms with E-state index < -0.39 is 0 Å². The van der Waals surface area contributed by atoms with Crippen molar-refractivity contribution in [2.45, 2.75) is 52.4 Å². The average Bonchev–Trinajstić information content (AvgIpc) is 3.27. The molecular formula is C26H29N3O3S. The molecule has 0 fully saturated rings. The van der Waals surface area contributed by atoms with Gasteiger partial charge in [-0.3, -0.25) is 4.79 Å². The van der Waals surface area contributed by atoms with Crippen molar-refractivity contribution >= 4 is 22.4 Å². The van der Waals surface area contributed by atoms with Crippen LogP contribution in [0.4, 0.5) is 0 Å². The molecule has 0 radical (unpaired) electrons. The van der Waals surface area contributed by atoms with Crippen LogP contribution in [0.3, 0.4) is 0 Å². The Morgan fingerprint density at radius 2 is 1.64 bits per heavy atom. The molecule has 0 saturated carbocycles. The number of aromatic nitrogens is 3. The number of hydrogen-bond acceptors (Lipinski definition) is 6. The molecule has 33 heavy (non-hydrogen) atoms. The minimum Gasteiger partial charge on any atom is -0.507 e. The van der Waals surface area contributed by atoms with Gasteiger partial charge in [-0.05, 0) is 46.7 Å². The molecule has 4 rings (SSSR count). The highest BCUT2D eigenvalue weighted by atomic mass is 32.1. The lowest BCUT2D eigenvalue weighted by atomic mass is 9.78. The number of ether oxygens (including phenoxy) is 1. The summed E-state index contributed by atoms with van der Waals surface area (Å²) in [6.45, 7) is 12.4. The van der Waals surface area contributed by atoms with E-state index in [0.29, 0.717) is 26.8 Å². The second-order valence-electron chi connectivity index (χ2n) is 10.2. The van der Waals surface area contributed by atoms with Gasteiger partial charge < -0.3 is 9.84 Å². The topological polar surface area (TPSA) is 76.7 Å². The Morgan fingerprint density at radius 1 is 1.03 bits per heavy atom. The number of nitrogens with zero attached hydrogens (tertiary/aromatic N) is 3. The number of para-hydroxylation sites is 1. The Kier molecular flexibility index (Phi) is 5.56. The van der Waals surface area contributed by atoms with E-state index >= 15 is 0 Å². The highest BCUT2D eigenvalue weighted by molar-refractivity contribution is 7.15. The Morgan fingerprint density at radius 3 is 2.18 bits per heavy atom. The van der Waals surface area contributed by atoms with Gasteiger partial charge in [0.2, 0.25) is 4.96 Å². The minimum atomic E-state index is -0.247. The van der Waals surface area contributed by atoms with Gasteiger partial charge in [-0.25, -0.2) is 0 Å². The first kappa shape index (κ1) is 23.0. The number of benzene rings is 2. The maximum absolute atomic E-state index is 13.1. The first-order valence-corrected chi connectivity index (χ1v) is 11.6. The largest absolute Gasteiger partial charge is 0.507 e. The number of rotatable bonds is 3. The average molecular weight is 464 g/mol. The van der Waals surface area contributed by atoms with Gasteiger partial charge >= 0.3 is 0 Å². The molecule has 172 valence electrons. The van der Waals surface area contributed by atoms with E-state index in [2.05, 4.69) is 51.6 Å². The summed E-state index contributed by atoms with van der Waals surface area (Å²) in [5.74, 6) is 1.43. The zero-order valence-electron chi connectivity index (χ0n) is 20.1. The molecule has 2 aromatic heterocycles. The van der Waals surface area contributed by atoms with E-state index in [1.54, 1.807) is 7.11 Å². The number of methoxy groups -OCH3 is 1. The van der Waals surface area contributed by atoms with Crippen LogP contribution >= 0.6 is 11.3 Å². The first-order valence-electron chi connectivity index (χ1n) is 10.8. The summed E-state index contributed by atoms with van der Waals surface area (Å²) in [5.41, 5.74) is 2.61. The maximum atomic E-state index is 13.1. The zero-order chi connectivity index (χ0) is 24.1. The monoisotopic (exact) mass is 463 g/mol. The molecule has 2 heterocycles. The quantitative estimate of drug-likeness (QED) is 0.478. The summed E-state index contributed by atoms with van der Waals surface area (Å²) in [6, 6.07) is 11.4. The Balaban J connectivity index is 1.87. The van der Waals surface area contributed by atoms with Crippen molar-refractivity contribution in [3.05, 3.63) is 68.0 Å². The van der Waals surface area contributed by atoms with Crippen LogP contribution in [-0.2, 0) is 10.8 Å². The number of thiazole rings is 1. The molecule has 0 bridgehead atoms. The van der Waals surface area contributed by atoms with Crippen LogP contribution in [-0.4, -0.2) is 26.8 Å². The zero-order valence-corrected chi connectivity index (χ0v) is 20.9. The number of hydrogen-bond donors (Lipinski definition) is 1. The second-order valence-corrected chi connectivity index (χ2v) is 11.2. The maximum Gasteiger partial charge on any atom is 0.291 e. The third-order valence-electron chi connectivity index (χ3n) is 5.58. The van der Waals surface area contributed by atoms with E-state index in [-0.39, 0.29) is 16.4 Å².